The molecule has 5 rings (SSSR count). The van der Waals surface area contributed by atoms with Crippen LogP contribution in [0, 0.1) is 0 Å². The fraction of sp³-hybridized carbons (Fsp3) is 0. The van der Waals surface area contributed by atoms with E-state index in [9.17, 15) is 9.59 Å². The van der Waals surface area contributed by atoms with E-state index in [1.807, 2.05) is 60.8 Å². The second kappa shape index (κ2) is 9.17. The second-order valence-electron chi connectivity index (χ2n) is 7.69. The maximum absolute atomic E-state index is 12.5. The molecule has 168 valence electrons. The number of aromatic nitrogens is 1. The largest absolute Gasteiger partial charge is 0.362 e. The van der Waals surface area contributed by atoms with Crippen molar-refractivity contribution in [2.45, 2.75) is 0 Å². The average Bonchev–Trinajstić information content (AvgIpc) is 3.42. The molecule has 0 atom stereocenters. The predicted octanol–water partition coefficient (Wildman–Crippen LogP) is 6.55. The SMILES string of the molecule is O=C(Nc1cccc(Cl)c1)Nc1cccc(Nc2ccc3c(c2)NC(=O)/C3=C\c2ccc[nH]2)c1. The summed E-state index contributed by atoms with van der Waals surface area (Å²) < 4.78 is 0. The van der Waals surface area contributed by atoms with E-state index in [-0.39, 0.29) is 11.9 Å². The number of hydrogen-bond acceptors (Lipinski definition) is 3. The fourth-order valence-electron chi connectivity index (χ4n) is 3.71. The van der Waals surface area contributed by atoms with E-state index in [0.29, 0.717) is 22.0 Å². The number of amides is 3. The third-order valence-corrected chi connectivity index (χ3v) is 5.45. The lowest BCUT2D eigenvalue weighted by molar-refractivity contribution is -0.110. The molecule has 1 aromatic heterocycles. The normalized spacial score (nSPS) is 13.3. The number of carbonyl (C=O) groups excluding carboxylic acids is 2. The lowest BCUT2D eigenvalue weighted by atomic mass is 10.1. The molecule has 34 heavy (non-hydrogen) atoms. The summed E-state index contributed by atoms with van der Waals surface area (Å²) in [5, 5.41) is 12.3. The van der Waals surface area contributed by atoms with Crippen LogP contribution in [0.4, 0.5) is 33.2 Å². The molecular formula is C26H20ClN5O2. The van der Waals surface area contributed by atoms with Gasteiger partial charge in [0.15, 0.2) is 0 Å². The minimum atomic E-state index is -0.374. The van der Waals surface area contributed by atoms with Gasteiger partial charge in [-0.05, 0) is 66.7 Å². The zero-order valence-electron chi connectivity index (χ0n) is 17.9. The lowest BCUT2D eigenvalue weighted by Crippen LogP contribution is -2.19. The third kappa shape index (κ3) is 4.79. The molecule has 0 unspecified atom stereocenters. The Morgan fingerprint density at radius 1 is 0.824 bits per heavy atom. The summed E-state index contributed by atoms with van der Waals surface area (Å²) in [6.07, 6.45) is 3.65. The van der Waals surface area contributed by atoms with Gasteiger partial charge >= 0.3 is 6.03 Å². The highest BCUT2D eigenvalue weighted by atomic mass is 35.5. The van der Waals surface area contributed by atoms with E-state index in [2.05, 4.69) is 26.3 Å². The highest BCUT2D eigenvalue weighted by Crippen LogP contribution is 2.35. The van der Waals surface area contributed by atoms with Crippen LogP contribution in [0.2, 0.25) is 5.02 Å². The quantitative estimate of drug-likeness (QED) is 0.214. The van der Waals surface area contributed by atoms with Gasteiger partial charge in [0.25, 0.3) is 5.91 Å². The van der Waals surface area contributed by atoms with Gasteiger partial charge in [-0.25, -0.2) is 4.79 Å². The average molecular weight is 470 g/mol. The van der Waals surface area contributed by atoms with Crippen LogP contribution in [-0.2, 0) is 4.79 Å². The summed E-state index contributed by atoms with van der Waals surface area (Å²) in [5.41, 5.74) is 5.87. The third-order valence-electron chi connectivity index (χ3n) is 5.22. The Balaban J connectivity index is 1.28. The molecule has 8 heteroatoms. The first-order chi connectivity index (χ1) is 16.5. The molecule has 0 aliphatic carbocycles. The van der Waals surface area contributed by atoms with Crippen molar-refractivity contribution < 1.29 is 9.59 Å². The first-order valence-electron chi connectivity index (χ1n) is 10.5. The Hall–Kier alpha value is -4.49. The van der Waals surface area contributed by atoms with E-state index in [1.54, 1.807) is 30.3 Å². The number of benzene rings is 3. The van der Waals surface area contributed by atoms with Gasteiger partial charge in [0, 0.05) is 45.2 Å². The van der Waals surface area contributed by atoms with Crippen molar-refractivity contribution in [3.05, 3.63) is 101 Å². The first-order valence-corrected chi connectivity index (χ1v) is 10.9. The number of urea groups is 1. The summed E-state index contributed by atoms with van der Waals surface area (Å²) in [4.78, 5) is 27.9. The topological polar surface area (TPSA) is 98.0 Å². The highest BCUT2D eigenvalue weighted by molar-refractivity contribution is 6.35. The summed E-state index contributed by atoms with van der Waals surface area (Å²) in [7, 11) is 0. The molecule has 0 saturated heterocycles. The van der Waals surface area contributed by atoms with Gasteiger partial charge in [-0.2, -0.15) is 0 Å². The van der Waals surface area contributed by atoms with Crippen molar-refractivity contribution in [1.82, 2.24) is 4.98 Å². The van der Waals surface area contributed by atoms with Gasteiger partial charge in [-0.15, -0.1) is 0 Å². The van der Waals surface area contributed by atoms with Crippen molar-refractivity contribution in [2.75, 3.05) is 21.3 Å². The van der Waals surface area contributed by atoms with Gasteiger partial charge in [-0.3, -0.25) is 4.79 Å². The van der Waals surface area contributed by atoms with Crippen LogP contribution in [0.1, 0.15) is 11.3 Å². The molecule has 0 saturated carbocycles. The molecule has 7 nitrogen and oxygen atoms in total. The van der Waals surface area contributed by atoms with Gasteiger partial charge in [-0.1, -0.05) is 29.8 Å². The fourth-order valence-corrected chi connectivity index (χ4v) is 3.90. The standard InChI is InChI=1S/C26H20ClN5O2/c27-16-4-1-5-18(12-16)30-26(34)31-20-7-2-6-19(13-20)29-21-9-10-22-23(14-17-8-3-11-28-17)25(33)32-24(22)15-21/h1-15,28-29H,(H,32,33)(H2,30,31,34)/b23-14-. The number of hydrogen-bond donors (Lipinski definition) is 5. The molecule has 0 radical (unpaired) electrons. The minimum Gasteiger partial charge on any atom is -0.362 e. The van der Waals surface area contributed by atoms with Crippen LogP contribution < -0.4 is 21.3 Å². The highest BCUT2D eigenvalue weighted by Gasteiger charge is 2.24. The lowest BCUT2D eigenvalue weighted by Gasteiger charge is -2.11. The van der Waals surface area contributed by atoms with Crippen LogP contribution in [-0.4, -0.2) is 16.9 Å². The van der Waals surface area contributed by atoms with E-state index >= 15 is 0 Å². The Morgan fingerprint density at radius 2 is 1.56 bits per heavy atom. The van der Waals surface area contributed by atoms with E-state index < -0.39 is 0 Å². The molecule has 2 heterocycles. The molecule has 3 amide bonds. The van der Waals surface area contributed by atoms with Crippen LogP contribution >= 0.6 is 11.6 Å². The summed E-state index contributed by atoms with van der Waals surface area (Å²) in [6.45, 7) is 0. The van der Waals surface area contributed by atoms with Gasteiger partial charge < -0.3 is 26.3 Å². The first kappa shape index (κ1) is 21.4. The van der Waals surface area contributed by atoms with Crippen LogP contribution in [0.15, 0.2) is 85.1 Å². The minimum absolute atomic E-state index is 0.140. The van der Waals surface area contributed by atoms with Gasteiger partial charge in [0.2, 0.25) is 0 Å². The molecule has 0 bridgehead atoms. The van der Waals surface area contributed by atoms with Crippen LogP contribution in [0.5, 0.6) is 0 Å². The maximum Gasteiger partial charge on any atom is 0.323 e. The Labute approximate surface area is 200 Å². The van der Waals surface area contributed by atoms with Gasteiger partial charge in [0.1, 0.15) is 0 Å². The Morgan fingerprint density at radius 3 is 2.32 bits per heavy atom. The number of aromatic amines is 1. The van der Waals surface area contributed by atoms with Crippen molar-refractivity contribution in [1.29, 1.82) is 0 Å². The monoisotopic (exact) mass is 469 g/mol. The summed E-state index contributed by atoms with van der Waals surface area (Å²) >= 11 is 5.96. The molecule has 0 spiro atoms. The second-order valence-corrected chi connectivity index (χ2v) is 8.13. The molecular weight excluding hydrogens is 450 g/mol. The van der Waals surface area contributed by atoms with E-state index in [4.69, 9.17) is 11.6 Å². The Bertz CT molecular complexity index is 1410. The van der Waals surface area contributed by atoms with E-state index in [1.165, 1.54) is 0 Å². The molecule has 1 aliphatic heterocycles. The number of rotatable bonds is 5. The number of nitrogens with one attached hydrogen (secondary N) is 5. The van der Waals surface area contributed by atoms with Crippen LogP contribution in [0.3, 0.4) is 0 Å². The molecule has 1 aliphatic rings. The number of carbonyl (C=O) groups is 2. The number of anilines is 5. The van der Waals surface area contributed by atoms with Crippen molar-refractivity contribution in [3.8, 4) is 0 Å². The zero-order valence-corrected chi connectivity index (χ0v) is 18.6. The molecule has 3 aromatic carbocycles. The van der Waals surface area contributed by atoms with E-state index in [0.717, 1.165) is 28.3 Å². The smallest absolute Gasteiger partial charge is 0.323 e. The number of halogens is 1. The van der Waals surface area contributed by atoms with Crippen molar-refractivity contribution >= 4 is 63.6 Å². The van der Waals surface area contributed by atoms with Gasteiger partial charge in [0.05, 0.1) is 11.3 Å². The molecule has 4 aromatic rings. The maximum atomic E-state index is 12.5. The predicted molar refractivity (Wildman–Crippen MR) is 138 cm³/mol. The van der Waals surface area contributed by atoms with Crippen molar-refractivity contribution in [2.24, 2.45) is 0 Å². The molecule has 0 fully saturated rings. The van der Waals surface area contributed by atoms with Crippen LogP contribution in [0.25, 0.3) is 11.6 Å². The molecule has 5 N–H and O–H groups in total. The summed E-state index contributed by atoms with van der Waals surface area (Å²) in [6, 6.07) is 23.4. The number of H-pyrrole nitrogens is 1. The van der Waals surface area contributed by atoms with Crippen molar-refractivity contribution in [3.63, 3.8) is 0 Å². The summed E-state index contributed by atoms with van der Waals surface area (Å²) in [5.74, 6) is -0.140. The zero-order chi connectivity index (χ0) is 23.5. The number of fused-ring (bicyclic) bond motifs is 1. The Kier molecular flexibility index (Phi) is 5.76.